The minimum absolute atomic E-state index is 0.241. The van der Waals surface area contributed by atoms with Gasteiger partial charge in [-0.3, -0.25) is 4.79 Å². The van der Waals surface area contributed by atoms with E-state index in [0.717, 1.165) is 49.4 Å². The lowest BCUT2D eigenvalue weighted by Gasteiger charge is -2.37. The molecule has 1 aliphatic rings. The van der Waals surface area contributed by atoms with E-state index < -0.39 is 0 Å². The van der Waals surface area contributed by atoms with Gasteiger partial charge in [0, 0.05) is 32.5 Å². The Kier molecular flexibility index (Phi) is 7.13. The fraction of sp³-hybridized carbons (Fsp3) is 0.440. The molecule has 5 heteroatoms. The highest BCUT2D eigenvalue weighted by molar-refractivity contribution is 7.18. The molecule has 1 atom stereocenters. The standard InChI is InChI=1S/C25H31N3OS/c1-27(25(29)16-15-24-26-22-13-5-6-14-23(22)30-24)21-12-8-18-28(19-21)17-7-11-20-9-3-2-4-10-20/h2-6,9-10,13-14,21H,7-8,11-12,15-19H2,1H3/t21-/m0/s1. The SMILES string of the molecule is CN(C(=O)CCc1nc2ccccc2s1)[C@H]1CCCN(CCCc2ccccc2)C1. The second-order valence-electron chi connectivity index (χ2n) is 8.27. The zero-order chi connectivity index (χ0) is 20.8. The first-order valence-electron chi connectivity index (χ1n) is 11.1. The van der Waals surface area contributed by atoms with Crippen molar-refractivity contribution in [1.29, 1.82) is 0 Å². The zero-order valence-electron chi connectivity index (χ0n) is 17.8. The van der Waals surface area contributed by atoms with Gasteiger partial charge in [-0.2, -0.15) is 0 Å². The van der Waals surface area contributed by atoms with E-state index in [4.69, 9.17) is 0 Å². The van der Waals surface area contributed by atoms with E-state index in [2.05, 4.69) is 46.3 Å². The number of piperidine rings is 1. The van der Waals surface area contributed by atoms with Gasteiger partial charge >= 0.3 is 0 Å². The van der Waals surface area contributed by atoms with Crippen molar-refractivity contribution in [2.24, 2.45) is 0 Å². The number of aryl methyl sites for hydroxylation is 2. The predicted molar refractivity (Wildman–Crippen MR) is 125 cm³/mol. The second-order valence-corrected chi connectivity index (χ2v) is 9.38. The number of amides is 1. The Labute approximate surface area is 183 Å². The van der Waals surface area contributed by atoms with Crippen LogP contribution in [0.1, 0.15) is 36.3 Å². The molecule has 0 N–H and O–H groups in total. The first-order valence-corrected chi connectivity index (χ1v) is 11.9. The lowest BCUT2D eigenvalue weighted by atomic mass is 10.0. The van der Waals surface area contributed by atoms with E-state index in [1.54, 1.807) is 11.3 Å². The van der Waals surface area contributed by atoms with Gasteiger partial charge in [-0.1, -0.05) is 42.5 Å². The van der Waals surface area contributed by atoms with E-state index >= 15 is 0 Å². The highest BCUT2D eigenvalue weighted by atomic mass is 32.1. The molecule has 2 heterocycles. The van der Waals surface area contributed by atoms with Gasteiger partial charge in [-0.25, -0.2) is 4.98 Å². The third kappa shape index (κ3) is 5.46. The summed E-state index contributed by atoms with van der Waals surface area (Å²) in [4.78, 5) is 22.0. The van der Waals surface area contributed by atoms with Gasteiger partial charge in [0.15, 0.2) is 0 Å². The number of hydrogen-bond donors (Lipinski definition) is 0. The summed E-state index contributed by atoms with van der Waals surface area (Å²) in [7, 11) is 1.98. The number of likely N-dealkylation sites (tertiary alicyclic amines) is 1. The van der Waals surface area contributed by atoms with Crippen LogP contribution in [0.3, 0.4) is 0 Å². The Hall–Kier alpha value is -2.24. The van der Waals surface area contributed by atoms with Gasteiger partial charge in [0.25, 0.3) is 0 Å². The van der Waals surface area contributed by atoms with Crippen LogP contribution in [0.4, 0.5) is 0 Å². The normalized spacial score (nSPS) is 17.3. The van der Waals surface area contributed by atoms with Crippen LogP contribution in [0.2, 0.25) is 0 Å². The summed E-state index contributed by atoms with van der Waals surface area (Å²) in [6.07, 6.45) is 5.85. The number of thiazole rings is 1. The maximum atomic E-state index is 12.8. The molecule has 2 aromatic carbocycles. The summed E-state index contributed by atoms with van der Waals surface area (Å²) in [5.74, 6) is 0.241. The summed E-state index contributed by atoms with van der Waals surface area (Å²) in [5.41, 5.74) is 2.45. The number of likely N-dealkylation sites (N-methyl/N-ethyl adjacent to an activating group) is 1. The number of para-hydroxylation sites is 1. The molecule has 0 saturated carbocycles. The number of carbonyl (C=O) groups excluding carboxylic acids is 1. The van der Waals surface area contributed by atoms with Gasteiger partial charge in [0.1, 0.15) is 0 Å². The van der Waals surface area contributed by atoms with Crippen molar-refractivity contribution < 1.29 is 4.79 Å². The summed E-state index contributed by atoms with van der Waals surface area (Å²) < 4.78 is 1.20. The van der Waals surface area contributed by atoms with Crippen LogP contribution < -0.4 is 0 Å². The maximum Gasteiger partial charge on any atom is 0.223 e. The third-order valence-electron chi connectivity index (χ3n) is 6.10. The third-order valence-corrected chi connectivity index (χ3v) is 7.19. The molecule has 1 saturated heterocycles. The molecule has 0 spiro atoms. The molecule has 0 radical (unpaired) electrons. The molecular formula is C25H31N3OS. The molecule has 1 aromatic heterocycles. The lowest BCUT2D eigenvalue weighted by molar-refractivity contribution is -0.133. The Morgan fingerprint density at radius 1 is 1.13 bits per heavy atom. The Bertz CT molecular complexity index is 922. The molecular weight excluding hydrogens is 390 g/mol. The van der Waals surface area contributed by atoms with Gasteiger partial charge in [-0.05, 0) is 56.5 Å². The highest BCUT2D eigenvalue weighted by Crippen LogP contribution is 2.23. The van der Waals surface area contributed by atoms with Crippen LogP contribution in [0, 0.1) is 0 Å². The van der Waals surface area contributed by atoms with Crippen molar-refractivity contribution in [2.45, 2.75) is 44.6 Å². The van der Waals surface area contributed by atoms with Crippen molar-refractivity contribution in [2.75, 3.05) is 26.7 Å². The second kappa shape index (κ2) is 10.2. The summed E-state index contributed by atoms with van der Waals surface area (Å²) in [6.45, 7) is 3.26. The Balaban J connectivity index is 1.23. The van der Waals surface area contributed by atoms with Crippen molar-refractivity contribution >= 4 is 27.5 Å². The Morgan fingerprint density at radius 3 is 2.77 bits per heavy atom. The molecule has 1 fully saturated rings. The van der Waals surface area contributed by atoms with E-state index in [9.17, 15) is 4.79 Å². The molecule has 4 rings (SSSR count). The van der Waals surface area contributed by atoms with Crippen LogP contribution in [0.5, 0.6) is 0 Å². The van der Waals surface area contributed by atoms with E-state index in [1.165, 1.54) is 23.1 Å². The number of rotatable bonds is 8. The molecule has 30 heavy (non-hydrogen) atoms. The van der Waals surface area contributed by atoms with Gasteiger partial charge < -0.3 is 9.80 Å². The monoisotopic (exact) mass is 421 g/mol. The first-order chi connectivity index (χ1) is 14.7. The highest BCUT2D eigenvalue weighted by Gasteiger charge is 2.25. The molecule has 4 nitrogen and oxygen atoms in total. The number of aromatic nitrogens is 1. The van der Waals surface area contributed by atoms with E-state index in [-0.39, 0.29) is 5.91 Å². The molecule has 1 aliphatic heterocycles. The fourth-order valence-electron chi connectivity index (χ4n) is 4.32. The average molecular weight is 422 g/mol. The number of nitrogens with zero attached hydrogens (tertiary/aromatic N) is 3. The minimum Gasteiger partial charge on any atom is -0.341 e. The van der Waals surface area contributed by atoms with Crippen LogP contribution in [0.15, 0.2) is 54.6 Å². The van der Waals surface area contributed by atoms with Gasteiger partial charge in [-0.15, -0.1) is 11.3 Å². The van der Waals surface area contributed by atoms with Crippen LogP contribution in [-0.4, -0.2) is 53.4 Å². The van der Waals surface area contributed by atoms with Crippen molar-refractivity contribution in [1.82, 2.24) is 14.8 Å². The quantitative estimate of drug-likeness (QED) is 0.525. The number of fused-ring (bicyclic) bond motifs is 1. The Morgan fingerprint density at radius 2 is 1.93 bits per heavy atom. The van der Waals surface area contributed by atoms with Crippen LogP contribution in [0.25, 0.3) is 10.2 Å². The topological polar surface area (TPSA) is 36.4 Å². The first kappa shape index (κ1) is 21.0. The lowest BCUT2D eigenvalue weighted by Crippen LogP contribution is -2.48. The molecule has 158 valence electrons. The molecule has 3 aromatic rings. The predicted octanol–water partition coefficient (Wildman–Crippen LogP) is 4.78. The zero-order valence-corrected chi connectivity index (χ0v) is 18.6. The van der Waals surface area contributed by atoms with E-state index in [0.29, 0.717) is 12.5 Å². The number of benzene rings is 2. The minimum atomic E-state index is 0.241. The summed E-state index contributed by atoms with van der Waals surface area (Å²) in [5, 5.41) is 1.06. The maximum absolute atomic E-state index is 12.8. The molecule has 1 amide bonds. The van der Waals surface area contributed by atoms with Crippen molar-refractivity contribution in [3.8, 4) is 0 Å². The van der Waals surface area contributed by atoms with Crippen molar-refractivity contribution in [3.05, 3.63) is 65.2 Å². The average Bonchev–Trinajstić information content (AvgIpc) is 3.21. The smallest absolute Gasteiger partial charge is 0.223 e. The van der Waals surface area contributed by atoms with Gasteiger partial charge in [0.2, 0.25) is 5.91 Å². The molecule has 0 unspecified atom stereocenters. The van der Waals surface area contributed by atoms with Crippen LogP contribution in [-0.2, 0) is 17.6 Å². The molecule has 0 bridgehead atoms. The fourth-order valence-corrected chi connectivity index (χ4v) is 5.29. The summed E-state index contributed by atoms with van der Waals surface area (Å²) >= 11 is 1.70. The summed E-state index contributed by atoms with van der Waals surface area (Å²) in [6, 6.07) is 19.2. The van der Waals surface area contributed by atoms with Crippen LogP contribution >= 0.6 is 11.3 Å². The number of hydrogen-bond acceptors (Lipinski definition) is 4. The molecule has 0 aliphatic carbocycles. The van der Waals surface area contributed by atoms with Gasteiger partial charge in [0.05, 0.1) is 15.2 Å². The number of carbonyl (C=O) groups is 1. The van der Waals surface area contributed by atoms with E-state index in [1.807, 2.05) is 30.1 Å². The largest absolute Gasteiger partial charge is 0.341 e. The van der Waals surface area contributed by atoms with Crippen molar-refractivity contribution in [3.63, 3.8) is 0 Å².